The topological polar surface area (TPSA) is 76.4 Å². The smallest absolute Gasteiger partial charge is 0.336 e. The second-order valence-corrected chi connectivity index (χ2v) is 4.62. The molecular formula is C17H19NO4. The number of nitriles is 1. The zero-order valence-electron chi connectivity index (χ0n) is 12.6. The van der Waals surface area contributed by atoms with Crippen LogP contribution >= 0.6 is 0 Å². The van der Waals surface area contributed by atoms with Crippen LogP contribution in [0.5, 0.6) is 5.75 Å². The Hall–Kier alpha value is -2.61. The molecule has 0 amide bonds. The number of carbonyl (C=O) groups is 2. The first-order valence-electron chi connectivity index (χ1n) is 7.22. The maximum Gasteiger partial charge on any atom is 0.336 e. The van der Waals surface area contributed by atoms with Crippen molar-refractivity contribution in [3.63, 3.8) is 0 Å². The fourth-order valence-corrected chi connectivity index (χ4v) is 1.63. The van der Waals surface area contributed by atoms with Crippen molar-refractivity contribution in [3.8, 4) is 11.8 Å². The number of benzene rings is 1. The Morgan fingerprint density at radius 2 is 1.77 bits per heavy atom. The summed E-state index contributed by atoms with van der Waals surface area (Å²) >= 11 is 0. The molecule has 0 unspecified atom stereocenters. The van der Waals surface area contributed by atoms with Gasteiger partial charge >= 0.3 is 11.9 Å². The van der Waals surface area contributed by atoms with Gasteiger partial charge in [-0.3, -0.25) is 0 Å². The molecule has 5 nitrogen and oxygen atoms in total. The lowest BCUT2D eigenvalue weighted by atomic mass is 10.2. The SMILES string of the molecule is CCCCCCOC(=O)/C=C/C(=O)Oc1ccc(C#N)cc1. The molecule has 0 saturated carbocycles. The van der Waals surface area contributed by atoms with Gasteiger partial charge in [-0.25, -0.2) is 9.59 Å². The van der Waals surface area contributed by atoms with E-state index in [4.69, 9.17) is 14.7 Å². The molecule has 0 fully saturated rings. The van der Waals surface area contributed by atoms with Crippen LogP contribution in [0.4, 0.5) is 0 Å². The van der Waals surface area contributed by atoms with E-state index in [2.05, 4.69) is 6.92 Å². The summed E-state index contributed by atoms with van der Waals surface area (Å²) in [5, 5.41) is 8.65. The van der Waals surface area contributed by atoms with Gasteiger partial charge < -0.3 is 9.47 Å². The molecule has 0 aliphatic carbocycles. The van der Waals surface area contributed by atoms with E-state index in [1.54, 1.807) is 0 Å². The summed E-state index contributed by atoms with van der Waals surface area (Å²) in [5.41, 5.74) is 0.474. The van der Waals surface area contributed by atoms with Gasteiger partial charge in [0.05, 0.1) is 18.2 Å². The van der Waals surface area contributed by atoms with Crippen molar-refractivity contribution in [2.75, 3.05) is 6.61 Å². The molecule has 116 valence electrons. The largest absolute Gasteiger partial charge is 0.463 e. The molecule has 0 atom stereocenters. The fraction of sp³-hybridized carbons (Fsp3) is 0.353. The van der Waals surface area contributed by atoms with E-state index in [-0.39, 0.29) is 0 Å². The van der Waals surface area contributed by atoms with Crippen LogP contribution in [-0.4, -0.2) is 18.5 Å². The lowest BCUT2D eigenvalue weighted by molar-refractivity contribution is -0.138. The third kappa shape index (κ3) is 7.25. The third-order valence-corrected chi connectivity index (χ3v) is 2.80. The normalized spacial score (nSPS) is 10.2. The molecule has 1 aromatic rings. The van der Waals surface area contributed by atoms with Crippen LogP contribution < -0.4 is 4.74 Å². The van der Waals surface area contributed by atoms with E-state index in [0.717, 1.165) is 37.8 Å². The molecule has 1 rings (SSSR count). The molecule has 0 heterocycles. The third-order valence-electron chi connectivity index (χ3n) is 2.80. The van der Waals surface area contributed by atoms with Crippen molar-refractivity contribution in [1.82, 2.24) is 0 Å². The van der Waals surface area contributed by atoms with Gasteiger partial charge in [0, 0.05) is 12.2 Å². The molecule has 0 aliphatic rings. The summed E-state index contributed by atoms with van der Waals surface area (Å²) < 4.78 is 9.93. The van der Waals surface area contributed by atoms with Gasteiger partial charge in [0.2, 0.25) is 0 Å². The molecule has 0 spiro atoms. The molecule has 0 radical (unpaired) electrons. The first kappa shape index (κ1) is 17.4. The molecule has 0 aliphatic heterocycles. The minimum atomic E-state index is -0.673. The number of hydrogen-bond acceptors (Lipinski definition) is 5. The highest BCUT2D eigenvalue weighted by atomic mass is 16.5. The molecule has 0 N–H and O–H groups in total. The average molecular weight is 301 g/mol. The second-order valence-electron chi connectivity index (χ2n) is 4.62. The van der Waals surface area contributed by atoms with Crippen molar-refractivity contribution in [3.05, 3.63) is 42.0 Å². The van der Waals surface area contributed by atoms with Crippen LogP contribution in [0.1, 0.15) is 38.2 Å². The molecule has 5 heteroatoms. The zero-order chi connectivity index (χ0) is 16.2. The predicted molar refractivity (Wildman–Crippen MR) is 81.0 cm³/mol. The highest BCUT2D eigenvalue weighted by Gasteiger charge is 2.03. The summed E-state index contributed by atoms with van der Waals surface area (Å²) in [4.78, 5) is 22.9. The van der Waals surface area contributed by atoms with Crippen molar-refractivity contribution >= 4 is 11.9 Å². The minimum Gasteiger partial charge on any atom is -0.463 e. The number of carbonyl (C=O) groups excluding carboxylic acids is 2. The van der Waals surface area contributed by atoms with Crippen molar-refractivity contribution in [2.24, 2.45) is 0 Å². The Balaban J connectivity index is 2.31. The second kappa shape index (κ2) is 10.2. The summed E-state index contributed by atoms with van der Waals surface area (Å²) in [6.45, 7) is 2.46. The molecule has 0 saturated heterocycles. The Labute approximate surface area is 130 Å². The number of unbranched alkanes of at least 4 members (excludes halogenated alkanes) is 3. The van der Waals surface area contributed by atoms with Gasteiger partial charge in [0.25, 0.3) is 0 Å². The van der Waals surface area contributed by atoms with Gasteiger partial charge in [-0.2, -0.15) is 5.26 Å². The van der Waals surface area contributed by atoms with E-state index < -0.39 is 11.9 Å². The summed E-state index contributed by atoms with van der Waals surface area (Å²) in [5.74, 6) is -0.928. The average Bonchev–Trinajstić information content (AvgIpc) is 2.53. The summed E-state index contributed by atoms with van der Waals surface area (Å²) in [7, 11) is 0. The highest BCUT2D eigenvalue weighted by molar-refractivity contribution is 5.92. The molecule has 0 bridgehead atoms. The number of rotatable bonds is 8. The number of esters is 2. The zero-order valence-corrected chi connectivity index (χ0v) is 12.6. The van der Waals surface area contributed by atoms with Crippen LogP contribution in [0.25, 0.3) is 0 Å². The molecular weight excluding hydrogens is 282 g/mol. The minimum absolute atomic E-state index is 0.307. The van der Waals surface area contributed by atoms with Crippen LogP contribution in [-0.2, 0) is 14.3 Å². The van der Waals surface area contributed by atoms with Gasteiger partial charge in [0.15, 0.2) is 0 Å². The lowest BCUT2D eigenvalue weighted by Gasteiger charge is -2.02. The van der Waals surface area contributed by atoms with Gasteiger partial charge in [-0.15, -0.1) is 0 Å². The maximum absolute atomic E-state index is 11.5. The fourth-order valence-electron chi connectivity index (χ4n) is 1.63. The van der Waals surface area contributed by atoms with Gasteiger partial charge in [0.1, 0.15) is 5.75 Å². The maximum atomic E-state index is 11.5. The molecule has 1 aromatic carbocycles. The van der Waals surface area contributed by atoms with Crippen molar-refractivity contribution in [1.29, 1.82) is 5.26 Å². The Morgan fingerprint density at radius 1 is 1.09 bits per heavy atom. The van der Waals surface area contributed by atoms with E-state index >= 15 is 0 Å². The monoisotopic (exact) mass is 301 g/mol. The summed E-state index contributed by atoms with van der Waals surface area (Å²) in [6, 6.07) is 8.06. The Bertz CT molecular complexity index is 555. The molecule has 0 aromatic heterocycles. The quantitative estimate of drug-likeness (QED) is 0.319. The van der Waals surface area contributed by atoms with Gasteiger partial charge in [-0.1, -0.05) is 26.2 Å². The number of hydrogen-bond donors (Lipinski definition) is 0. The van der Waals surface area contributed by atoms with Crippen LogP contribution in [0, 0.1) is 11.3 Å². The van der Waals surface area contributed by atoms with E-state index in [0.29, 0.717) is 17.9 Å². The highest BCUT2D eigenvalue weighted by Crippen LogP contribution is 2.11. The van der Waals surface area contributed by atoms with Gasteiger partial charge in [-0.05, 0) is 30.7 Å². The van der Waals surface area contributed by atoms with E-state index in [1.165, 1.54) is 24.3 Å². The molecule has 22 heavy (non-hydrogen) atoms. The van der Waals surface area contributed by atoms with E-state index in [9.17, 15) is 9.59 Å². The van der Waals surface area contributed by atoms with E-state index in [1.807, 2.05) is 6.07 Å². The van der Waals surface area contributed by atoms with Crippen molar-refractivity contribution < 1.29 is 19.1 Å². The number of nitrogens with zero attached hydrogens (tertiary/aromatic N) is 1. The lowest BCUT2D eigenvalue weighted by Crippen LogP contribution is -2.07. The Morgan fingerprint density at radius 3 is 2.41 bits per heavy atom. The van der Waals surface area contributed by atoms with Crippen LogP contribution in [0.3, 0.4) is 0 Å². The van der Waals surface area contributed by atoms with Crippen molar-refractivity contribution in [2.45, 2.75) is 32.6 Å². The van der Waals surface area contributed by atoms with Crippen LogP contribution in [0.15, 0.2) is 36.4 Å². The standard InChI is InChI=1S/C17H19NO4/c1-2-3-4-5-12-21-16(19)10-11-17(20)22-15-8-6-14(13-18)7-9-15/h6-11H,2-5,12H2,1H3/b11-10+. The first-order valence-corrected chi connectivity index (χ1v) is 7.22. The van der Waals surface area contributed by atoms with Crippen LogP contribution in [0.2, 0.25) is 0 Å². The first-order chi connectivity index (χ1) is 10.7. The number of ether oxygens (including phenoxy) is 2. The predicted octanol–water partition coefficient (Wildman–Crippen LogP) is 3.14. The summed E-state index contributed by atoms with van der Waals surface area (Å²) in [6.07, 6.45) is 6.15. The Kier molecular flexibility index (Phi) is 8.06.